The highest BCUT2D eigenvalue weighted by Crippen LogP contribution is 2.28. The predicted octanol–water partition coefficient (Wildman–Crippen LogP) is 2.56. The SMILES string of the molecule is NC(Cc1ccc2ccccc2c1Br)C(=O)O. The van der Waals surface area contributed by atoms with Gasteiger partial charge >= 0.3 is 5.97 Å². The molecule has 1 atom stereocenters. The first-order valence-corrected chi connectivity index (χ1v) is 6.03. The number of carboxylic acids is 1. The van der Waals surface area contributed by atoms with Crippen molar-refractivity contribution in [3.8, 4) is 0 Å². The number of benzene rings is 2. The first-order valence-electron chi connectivity index (χ1n) is 5.24. The lowest BCUT2D eigenvalue weighted by Crippen LogP contribution is -2.32. The van der Waals surface area contributed by atoms with Crippen molar-refractivity contribution in [2.24, 2.45) is 5.73 Å². The average Bonchev–Trinajstić information content (AvgIpc) is 2.33. The number of halogens is 1. The molecule has 17 heavy (non-hydrogen) atoms. The van der Waals surface area contributed by atoms with E-state index in [0.717, 1.165) is 20.8 Å². The number of fused-ring (bicyclic) bond motifs is 1. The van der Waals surface area contributed by atoms with E-state index in [1.165, 1.54) is 0 Å². The van der Waals surface area contributed by atoms with Gasteiger partial charge in [0.05, 0.1) is 0 Å². The third-order valence-corrected chi connectivity index (χ3v) is 3.64. The molecule has 0 bridgehead atoms. The summed E-state index contributed by atoms with van der Waals surface area (Å²) in [7, 11) is 0. The maximum Gasteiger partial charge on any atom is 0.320 e. The van der Waals surface area contributed by atoms with Gasteiger partial charge in [0.15, 0.2) is 0 Å². The molecule has 88 valence electrons. The summed E-state index contributed by atoms with van der Waals surface area (Å²) in [6.45, 7) is 0. The minimum absolute atomic E-state index is 0.320. The lowest BCUT2D eigenvalue weighted by atomic mass is 10.0. The molecule has 3 N–H and O–H groups in total. The van der Waals surface area contributed by atoms with Gasteiger partial charge in [-0.3, -0.25) is 4.79 Å². The van der Waals surface area contributed by atoms with Crippen LogP contribution < -0.4 is 5.73 Å². The van der Waals surface area contributed by atoms with Crippen molar-refractivity contribution in [1.82, 2.24) is 0 Å². The second kappa shape index (κ2) is 4.85. The molecule has 0 aliphatic rings. The first kappa shape index (κ1) is 12.1. The van der Waals surface area contributed by atoms with E-state index >= 15 is 0 Å². The van der Waals surface area contributed by atoms with Gasteiger partial charge in [-0.25, -0.2) is 0 Å². The quantitative estimate of drug-likeness (QED) is 0.914. The van der Waals surface area contributed by atoms with Crippen molar-refractivity contribution < 1.29 is 9.90 Å². The van der Waals surface area contributed by atoms with Crippen LogP contribution in [0.15, 0.2) is 40.9 Å². The highest BCUT2D eigenvalue weighted by Gasteiger charge is 2.14. The molecule has 1 unspecified atom stereocenters. The third kappa shape index (κ3) is 2.48. The minimum Gasteiger partial charge on any atom is -0.480 e. The second-order valence-electron chi connectivity index (χ2n) is 3.91. The van der Waals surface area contributed by atoms with E-state index in [4.69, 9.17) is 10.8 Å². The number of hydrogen-bond donors (Lipinski definition) is 2. The predicted molar refractivity (Wildman–Crippen MR) is 71.0 cm³/mol. The Morgan fingerprint density at radius 3 is 2.71 bits per heavy atom. The number of carbonyl (C=O) groups is 1. The van der Waals surface area contributed by atoms with Crippen LogP contribution in [0.2, 0.25) is 0 Å². The molecule has 2 rings (SSSR count). The lowest BCUT2D eigenvalue weighted by Gasteiger charge is -2.10. The molecule has 0 aliphatic carbocycles. The molecule has 0 radical (unpaired) electrons. The molecule has 0 aliphatic heterocycles. The number of carboxylic acid groups (broad SMARTS) is 1. The molecule has 0 aromatic heterocycles. The average molecular weight is 294 g/mol. The molecule has 4 heteroatoms. The van der Waals surface area contributed by atoms with Gasteiger partial charge in [0, 0.05) is 4.47 Å². The lowest BCUT2D eigenvalue weighted by molar-refractivity contribution is -0.138. The number of hydrogen-bond acceptors (Lipinski definition) is 2. The van der Waals surface area contributed by atoms with Crippen LogP contribution in [0.3, 0.4) is 0 Å². The van der Waals surface area contributed by atoms with Gasteiger partial charge in [-0.05, 0) is 38.7 Å². The third-order valence-electron chi connectivity index (χ3n) is 2.70. The number of rotatable bonds is 3. The van der Waals surface area contributed by atoms with E-state index in [0.29, 0.717) is 6.42 Å². The monoisotopic (exact) mass is 293 g/mol. The van der Waals surface area contributed by atoms with Gasteiger partial charge in [0.25, 0.3) is 0 Å². The summed E-state index contributed by atoms with van der Waals surface area (Å²) in [5.41, 5.74) is 6.46. The Bertz CT molecular complexity index is 568. The first-order chi connectivity index (χ1) is 8.09. The van der Waals surface area contributed by atoms with E-state index in [-0.39, 0.29) is 0 Å². The summed E-state index contributed by atoms with van der Waals surface area (Å²) >= 11 is 3.51. The smallest absolute Gasteiger partial charge is 0.320 e. The maximum absolute atomic E-state index is 10.7. The van der Waals surface area contributed by atoms with Crippen molar-refractivity contribution >= 4 is 32.7 Å². The molecule has 2 aromatic rings. The standard InChI is InChI=1S/C13H12BrNO2/c14-12-9(7-11(15)13(16)17)6-5-8-3-1-2-4-10(8)12/h1-6,11H,7,15H2,(H,16,17). The highest BCUT2D eigenvalue weighted by molar-refractivity contribution is 9.10. The fraction of sp³-hybridized carbons (Fsp3) is 0.154. The van der Waals surface area contributed by atoms with Crippen molar-refractivity contribution in [2.45, 2.75) is 12.5 Å². The van der Waals surface area contributed by atoms with Gasteiger partial charge in [0.2, 0.25) is 0 Å². The van der Waals surface area contributed by atoms with Crippen molar-refractivity contribution in [1.29, 1.82) is 0 Å². The zero-order valence-corrected chi connectivity index (χ0v) is 10.6. The minimum atomic E-state index is -0.981. The molecule has 3 nitrogen and oxygen atoms in total. The molecular formula is C13H12BrNO2. The summed E-state index contributed by atoms with van der Waals surface area (Å²) in [6.07, 6.45) is 0.320. The molecule has 0 amide bonds. The molecule has 0 spiro atoms. The van der Waals surface area contributed by atoms with Gasteiger partial charge in [-0.15, -0.1) is 0 Å². The summed E-state index contributed by atoms with van der Waals surface area (Å²) in [5, 5.41) is 11.0. The Labute approximate surface area is 107 Å². The fourth-order valence-electron chi connectivity index (χ4n) is 1.76. The zero-order valence-electron chi connectivity index (χ0n) is 9.06. The zero-order chi connectivity index (χ0) is 12.4. The summed E-state index contributed by atoms with van der Waals surface area (Å²) < 4.78 is 0.923. The largest absolute Gasteiger partial charge is 0.480 e. The molecule has 0 saturated carbocycles. The van der Waals surface area contributed by atoms with E-state index < -0.39 is 12.0 Å². The summed E-state index contributed by atoms with van der Waals surface area (Å²) in [5.74, 6) is -0.981. The van der Waals surface area contributed by atoms with E-state index in [9.17, 15) is 4.79 Å². The second-order valence-corrected chi connectivity index (χ2v) is 4.70. The van der Waals surface area contributed by atoms with Crippen LogP contribution in [0.5, 0.6) is 0 Å². The number of aliphatic carboxylic acids is 1. The van der Waals surface area contributed by atoms with Crippen LogP contribution in [0.25, 0.3) is 10.8 Å². The summed E-state index contributed by atoms with van der Waals surface area (Å²) in [4.78, 5) is 10.7. The number of nitrogens with two attached hydrogens (primary N) is 1. The Balaban J connectivity index is 2.42. The van der Waals surface area contributed by atoms with Crippen LogP contribution in [-0.4, -0.2) is 17.1 Å². The molecule has 0 saturated heterocycles. The van der Waals surface area contributed by atoms with Gasteiger partial charge in [-0.2, -0.15) is 0 Å². The van der Waals surface area contributed by atoms with Crippen molar-refractivity contribution in [3.05, 3.63) is 46.4 Å². The normalized spacial score (nSPS) is 12.6. The van der Waals surface area contributed by atoms with Crippen molar-refractivity contribution in [2.75, 3.05) is 0 Å². The fourth-order valence-corrected chi connectivity index (χ4v) is 2.42. The van der Waals surface area contributed by atoms with Crippen LogP contribution in [0.4, 0.5) is 0 Å². The molecular weight excluding hydrogens is 282 g/mol. The molecule has 0 heterocycles. The molecule has 2 aromatic carbocycles. The van der Waals surface area contributed by atoms with Crippen molar-refractivity contribution in [3.63, 3.8) is 0 Å². The Morgan fingerprint density at radius 1 is 1.29 bits per heavy atom. The van der Waals surface area contributed by atoms with E-state index in [1.807, 2.05) is 36.4 Å². The van der Waals surface area contributed by atoms with Gasteiger partial charge in [-0.1, -0.05) is 36.4 Å². The topological polar surface area (TPSA) is 63.3 Å². The maximum atomic E-state index is 10.7. The van der Waals surface area contributed by atoms with Gasteiger partial charge in [0.1, 0.15) is 6.04 Å². The van der Waals surface area contributed by atoms with Crippen LogP contribution >= 0.6 is 15.9 Å². The summed E-state index contributed by atoms with van der Waals surface area (Å²) in [6, 6.07) is 11.0. The molecule has 0 fully saturated rings. The Morgan fingerprint density at radius 2 is 2.00 bits per heavy atom. The van der Waals surface area contributed by atoms with Crippen LogP contribution in [0.1, 0.15) is 5.56 Å². The van der Waals surface area contributed by atoms with Crippen LogP contribution in [0, 0.1) is 0 Å². The highest BCUT2D eigenvalue weighted by atomic mass is 79.9. The Hall–Kier alpha value is -1.39. The van der Waals surface area contributed by atoms with E-state index in [2.05, 4.69) is 15.9 Å². The Kier molecular flexibility index (Phi) is 3.45. The van der Waals surface area contributed by atoms with Gasteiger partial charge < -0.3 is 10.8 Å². The van der Waals surface area contributed by atoms with Crippen LogP contribution in [-0.2, 0) is 11.2 Å². The van der Waals surface area contributed by atoms with E-state index in [1.54, 1.807) is 0 Å².